The molecule has 1 N–H and O–H groups in total. The first-order chi connectivity index (χ1) is 12.3. The number of carbonyl (C=O) groups is 1. The summed E-state index contributed by atoms with van der Waals surface area (Å²) in [6, 6.07) is 4.04. The lowest BCUT2D eigenvalue weighted by molar-refractivity contribution is -0.118. The summed E-state index contributed by atoms with van der Waals surface area (Å²) in [7, 11) is 0. The molecule has 3 aromatic heterocycles. The number of fused-ring (bicyclic) bond motifs is 1. The molecule has 0 aromatic carbocycles. The number of nitrogens with zero attached hydrogens (tertiary/aromatic N) is 3. The van der Waals surface area contributed by atoms with E-state index in [-0.39, 0.29) is 5.91 Å². The molecule has 1 aliphatic rings. The molecule has 1 amide bonds. The number of aromatic nitrogens is 3. The standard InChI is InChI=1S/C17H20N4OS3/c22-15(11-24-13-4-1-2-5-13)18-8-7-12-10-25-17-19-16(20-21(12)17)14-6-3-9-23-14/h3,6,9-10,13H,1-2,4-5,7-8,11H2,(H,18,22). The molecule has 1 aliphatic carbocycles. The predicted molar refractivity (Wildman–Crippen MR) is 106 cm³/mol. The van der Waals surface area contributed by atoms with Crippen LogP contribution in [0.3, 0.4) is 0 Å². The zero-order valence-electron chi connectivity index (χ0n) is 13.8. The summed E-state index contributed by atoms with van der Waals surface area (Å²) in [4.78, 5) is 18.6. The average molecular weight is 393 g/mol. The fourth-order valence-electron chi connectivity index (χ4n) is 3.04. The number of hydrogen-bond acceptors (Lipinski definition) is 6. The Kier molecular flexibility index (Phi) is 5.38. The van der Waals surface area contributed by atoms with E-state index in [0.717, 1.165) is 27.8 Å². The van der Waals surface area contributed by atoms with Crippen LogP contribution in [0.2, 0.25) is 0 Å². The highest BCUT2D eigenvalue weighted by atomic mass is 32.2. The van der Waals surface area contributed by atoms with Crippen molar-refractivity contribution >= 4 is 45.3 Å². The van der Waals surface area contributed by atoms with Gasteiger partial charge in [0.05, 0.1) is 16.3 Å². The van der Waals surface area contributed by atoms with Crippen molar-refractivity contribution in [1.29, 1.82) is 0 Å². The minimum atomic E-state index is 0.140. The van der Waals surface area contributed by atoms with E-state index in [1.165, 1.54) is 25.7 Å². The van der Waals surface area contributed by atoms with Crippen LogP contribution in [-0.2, 0) is 11.2 Å². The van der Waals surface area contributed by atoms with Crippen molar-refractivity contribution in [2.75, 3.05) is 12.3 Å². The predicted octanol–water partition coefficient (Wildman–Crippen LogP) is 3.85. The molecule has 0 spiro atoms. The van der Waals surface area contributed by atoms with Gasteiger partial charge in [0.1, 0.15) is 0 Å². The molecule has 0 saturated heterocycles. The first-order valence-corrected chi connectivity index (χ1v) is 11.4. The summed E-state index contributed by atoms with van der Waals surface area (Å²) in [6.07, 6.45) is 5.94. The zero-order chi connectivity index (χ0) is 17.1. The van der Waals surface area contributed by atoms with Crippen LogP contribution >= 0.6 is 34.4 Å². The van der Waals surface area contributed by atoms with Crippen LogP contribution < -0.4 is 5.32 Å². The van der Waals surface area contributed by atoms with E-state index in [2.05, 4.69) is 20.8 Å². The van der Waals surface area contributed by atoms with E-state index in [1.54, 1.807) is 22.7 Å². The third-order valence-electron chi connectivity index (χ3n) is 4.35. The Morgan fingerprint density at radius 1 is 1.36 bits per heavy atom. The SMILES string of the molecule is O=C(CSC1CCCC1)NCCc1csc2nc(-c3cccs3)nn12. The van der Waals surface area contributed by atoms with Gasteiger partial charge in [0.25, 0.3) is 0 Å². The van der Waals surface area contributed by atoms with Crippen LogP contribution in [0.5, 0.6) is 0 Å². The summed E-state index contributed by atoms with van der Waals surface area (Å²) in [5.74, 6) is 1.50. The number of nitrogens with one attached hydrogen (secondary N) is 1. The second-order valence-corrected chi connectivity index (χ2v) is 9.22. The van der Waals surface area contributed by atoms with Gasteiger partial charge in [0.15, 0.2) is 5.82 Å². The number of carbonyl (C=O) groups excluding carboxylic acids is 1. The molecule has 0 atom stereocenters. The van der Waals surface area contributed by atoms with Crippen molar-refractivity contribution in [3.05, 3.63) is 28.6 Å². The van der Waals surface area contributed by atoms with Crippen LogP contribution in [0.25, 0.3) is 15.7 Å². The monoisotopic (exact) mass is 392 g/mol. The zero-order valence-corrected chi connectivity index (χ0v) is 16.3. The van der Waals surface area contributed by atoms with Crippen LogP contribution in [0, 0.1) is 0 Å². The minimum Gasteiger partial charge on any atom is -0.355 e. The molecule has 0 radical (unpaired) electrons. The summed E-state index contributed by atoms with van der Waals surface area (Å²) < 4.78 is 1.90. The van der Waals surface area contributed by atoms with Gasteiger partial charge < -0.3 is 5.32 Å². The highest BCUT2D eigenvalue weighted by molar-refractivity contribution is 8.00. The van der Waals surface area contributed by atoms with Crippen LogP contribution in [0.15, 0.2) is 22.9 Å². The van der Waals surface area contributed by atoms with Gasteiger partial charge in [-0.3, -0.25) is 4.79 Å². The molecular formula is C17H20N4OS3. The Morgan fingerprint density at radius 3 is 3.04 bits per heavy atom. The number of thioether (sulfide) groups is 1. The molecule has 0 aliphatic heterocycles. The summed E-state index contributed by atoms with van der Waals surface area (Å²) in [5, 5.41) is 12.4. The highest BCUT2D eigenvalue weighted by Gasteiger charge is 2.17. The normalized spacial score (nSPS) is 15.2. The minimum absolute atomic E-state index is 0.140. The molecule has 1 fully saturated rings. The molecule has 8 heteroatoms. The quantitative estimate of drug-likeness (QED) is 0.663. The van der Waals surface area contributed by atoms with Gasteiger partial charge >= 0.3 is 0 Å². The summed E-state index contributed by atoms with van der Waals surface area (Å²) in [5.41, 5.74) is 1.10. The van der Waals surface area contributed by atoms with Gasteiger partial charge in [-0.2, -0.15) is 4.98 Å². The van der Waals surface area contributed by atoms with E-state index >= 15 is 0 Å². The van der Waals surface area contributed by atoms with Crippen molar-refractivity contribution in [3.63, 3.8) is 0 Å². The Hall–Kier alpha value is -1.38. The second kappa shape index (κ2) is 7.88. The topological polar surface area (TPSA) is 59.3 Å². The van der Waals surface area contributed by atoms with Gasteiger partial charge in [-0.05, 0) is 24.3 Å². The third-order valence-corrected chi connectivity index (χ3v) is 7.45. The van der Waals surface area contributed by atoms with Crippen LogP contribution in [0.1, 0.15) is 31.4 Å². The van der Waals surface area contributed by atoms with Crippen molar-refractivity contribution < 1.29 is 4.79 Å². The molecular weight excluding hydrogens is 372 g/mol. The van der Waals surface area contributed by atoms with Gasteiger partial charge in [0, 0.05) is 23.6 Å². The molecule has 1 saturated carbocycles. The maximum atomic E-state index is 12.0. The highest BCUT2D eigenvalue weighted by Crippen LogP contribution is 2.29. The lowest BCUT2D eigenvalue weighted by atomic mass is 10.3. The fourth-order valence-corrected chi connectivity index (χ4v) is 5.70. The van der Waals surface area contributed by atoms with E-state index in [0.29, 0.717) is 17.5 Å². The Bertz CT molecular complexity index is 833. The van der Waals surface area contributed by atoms with E-state index in [9.17, 15) is 4.79 Å². The summed E-state index contributed by atoms with van der Waals surface area (Å²) >= 11 is 5.05. The fraction of sp³-hybridized carbons (Fsp3) is 0.471. The smallest absolute Gasteiger partial charge is 0.230 e. The van der Waals surface area contributed by atoms with Crippen LogP contribution in [0.4, 0.5) is 0 Å². The molecule has 3 aromatic rings. The Labute approximate surface area is 158 Å². The van der Waals surface area contributed by atoms with Crippen molar-refractivity contribution in [3.8, 4) is 10.7 Å². The van der Waals surface area contributed by atoms with Gasteiger partial charge in [-0.15, -0.1) is 39.5 Å². The van der Waals surface area contributed by atoms with E-state index < -0.39 is 0 Å². The maximum Gasteiger partial charge on any atom is 0.230 e. The number of hydrogen-bond donors (Lipinski definition) is 1. The largest absolute Gasteiger partial charge is 0.355 e. The molecule has 0 unspecified atom stereocenters. The number of amides is 1. The lowest BCUT2D eigenvalue weighted by Gasteiger charge is -2.08. The molecule has 5 nitrogen and oxygen atoms in total. The first kappa shape index (κ1) is 17.1. The summed E-state index contributed by atoms with van der Waals surface area (Å²) in [6.45, 7) is 0.643. The van der Waals surface area contributed by atoms with Crippen molar-refractivity contribution in [2.45, 2.75) is 37.4 Å². The number of rotatable bonds is 7. The van der Waals surface area contributed by atoms with E-state index in [4.69, 9.17) is 0 Å². The molecule has 25 heavy (non-hydrogen) atoms. The van der Waals surface area contributed by atoms with Crippen molar-refractivity contribution in [2.24, 2.45) is 0 Å². The molecule has 132 valence electrons. The van der Waals surface area contributed by atoms with Crippen LogP contribution in [-0.4, -0.2) is 38.1 Å². The number of thiophene rings is 1. The first-order valence-electron chi connectivity index (χ1n) is 8.55. The van der Waals surface area contributed by atoms with E-state index in [1.807, 2.05) is 33.8 Å². The van der Waals surface area contributed by atoms with Crippen molar-refractivity contribution in [1.82, 2.24) is 19.9 Å². The van der Waals surface area contributed by atoms with Gasteiger partial charge in [-0.1, -0.05) is 18.9 Å². The maximum absolute atomic E-state index is 12.0. The molecule has 4 rings (SSSR count). The van der Waals surface area contributed by atoms with Gasteiger partial charge in [-0.25, -0.2) is 4.52 Å². The molecule has 3 heterocycles. The average Bonchev–Trinajstić information content (AvgIpc) is 3.37. The third kappa shape index (κ3) is 4.07. The molecule has 0 bridgehead atoms. The number of thiazole rings is 1. The lowest BCUT2D eigenvalue weighted by Crippen LogP contribution is -2.28. The Balaban J connectivity index is 1.29. The van der Waals surface area contributed by atoms with Gasteiger partial charge in [0.2, 0.25) is 10.9 Å². The Morgan fingerprint density at radius 2 is 2.24 bits per heavy atom. The second-order valence-electron chi connectivity index (χ2n) is 6.15.